The summed E-state index contributed by atoms with van der Waals surface area (Å²) in [4.78, 5) is 25.1. The Morgan fingerprint density at radius 1 is 1.25 bits per heavy atom. The minimum absolute atomic E-state index is 0.123. The van der Waals surface area contributed by atoms with Crippen LogP contribution in [0.3, 0.4) is 0 Å². The van der Waals surface area contributed by atoms with E-state index in [9.17, 15) is 9.59 Å². The van der Waals surface area contributed by atoms with E-state index in [1.807, 2.05) is 27.7 Å². The van der Waals surface area contributed by atoms with Crippen molar-refractivity contribution in [3.8, 4) is 0 Å². The van der Waals surface area contributed by atoms with Gasteiger partial charge in [0.2, 0.25) is 0 Å². The van der Waals surface area contributed by atoms with Gasteiger partial charge in [0.05, 0.1) is 0 Å². The van der Waals surface area contributed by atoms with Gasteiger partial charge in [0.1, 0.15) is 5.60 Å². The fraction of sp³-hybridized carbons (Fsp3) is 0.857. The van der Waals surface area contributed by atoms with E-state index in [1.165, 1.54) is 0 Å². The summed E-state index contributed by atoms with van der Waals surface area (Å²) in [7, 11) is 0. The van der Waals surface area contributed by atoms with E-state index in [2.05, 4.69) is 10.6 Å². The Kier molecular flexibility index (Phi) is 6.10. The number of likely N-dealkylation sites (tertiary alicyclic amines) is 1. The maximum atomic E-state index is 11.9. The Hall–Kier alpha value is -1.46. The average molecular weight is 285 g/mol. The Bertz CT molecular complexity index is 331. The Balaban J connectivity index is 2.29. The molecule has 0 saturated carbocycles. The van der Waals surface area contributed by atoms with Crippen LogP contribution in [0, 0.1) is 0 Å². The van der Waals surface area contributed by atoms with Crippen LogP contribution in [0.15, 0.2) is 0 Å². The fourth-order valence-electron chi connectivity index (χ4n) is 2.01. The Morgan fingerprint density at radius 3 is 2.35 bits per heavy atom. The molecule has 6 nitrogen and oxygen atoms in total. The molecule has 0 atom stereocenters. The summed E-state index contributed by atoms with van der Waals surface area (Å²) in [6, 6.07) is 0.00751. The molecular weight excluding hydrogens is 258 g/mol. The first-order valence-corrected chi connectivity index (χ1v) is 7.34. The maximum Gasteiger partial charge on any atom is 0.410 e. The molecule has 0 aromatic rings. The van der Waals surface area contributed by atoms with Crippen molar-refractivity contribution in [1.29, 1.82) is 0 Å². The van der Waals surface area contributed by atoms with Gasteiger partial charge in [-0.2, -0.15) is 0 Å². The molecule has 0 aliphatic carbocycles. The summed E-state index contributed by atoms with van der Waals surface area (Å²) in [6.07, 6.45) is 2.17. The summed E-state index contributed by atoms with van der Waals surface area (Å²) >= 11 is 0. The van der Waals surface area contributed by atoms with Gasteiger partial charge < -0.3 is 20.3 Å². The fourth-order valence-corrected chi connectivity index (χ4v) is 2.01. The molecule has 0 radical (unpaired) electrons. The van der Waals surface area contributed by atoms with Gasteiger partial charge in [0.25, 0.3) is 0 Å². The SMILES string of the molecule is CCCNC(=O)NC1CCN(C(=O)OC(C)(C)C)CC1. The van der Waals surface area contributed by atoms with Gasteiger partial charge in [-0.05, 0) is 40.0 Å². The molecule has 1 rings (SSSR count). The van der Waals surface area contributed by atoms with E-state index in [4.69, 9.17) is 4.74 Å². The number of amides is 3. The lowest BCUT2D eigenvalue weighted by atomic mass is 10.1. The van der Waals surface area contributed by atoms with Crippen LogP contribution >= 0.6 is 0 Å². The van der Waals surface area contributed by atoms with Gasteiger partial charge in [0, 0.05) is 25.7 Å². The molecule has 1 fully saturated rings. The molecule has 3 amide bonds. The van der Waals surface area contributed by atoms with E-state index in [-0.39, 0.29) is 18.2 Å². The quantitative estimate of drug-likeness (QED) is 0.834. The van der Waals surface area contributed by atoms with Crippen molar-refractivity contribution in [3.63, 3.8) is 0 Å². The number of rotatable bonds is 3. The lowest BCUT2D eigenvalue weighted by Gasteiger charge is -2.33. The smallest absolute Gasteiger partial charge is 0.410 e. The van der Waals surface area contributed by atoms with Crippen molar-refractivity contribution in [2.24, 2.45) is 0 Å². The van der Waals surface area contributed by atoms with Gasteiger partial charge in [-0.1, -0.05) is 6.92 Å². The molecule has 0 aromatic heterocycles. The van der Waals surface area contributed by atoms with Gasteiger partial charge in [0.15, 0.2) is 0 Å². The molecule has 116 valence electrons. The molecule has 1 aliphatic rings. The van der Waals surface area contributed by atoms with Crippen LogP contribution in [0.1, 0.15) is 47.0 Å². The third kappa shape index (κ3) is 6.12. The normalized spacial score (nSPS) is 16.7. The highest BCUT2D eigenvalue weighted by molar-refractivity contribution is 5.74. The molecular formula is C14H27N3O3. The second-order valence-corrected chi connectivity index (χ2v) is 6.14. The zero-order chi connectivity index (χ0) is 15.2. The van der Waals surface area contributed by atoms with Gasteiger partial charge in [-0.25, -0.2) is 9.59 Å². The Labute approximate surface area is 121 Å². The van der Waals surface area contributed by atoms with Crippen molar-refractivity contribution in [2.75, 3.05) is 19.6 Å². The molecule has 0 bridgehead atoms. The number of carbonyl (C=O) groups is 2. The zero-order valence-electron chi connectivity index (χ0n) is 13.0. The predicted octanol–water partition coefficient (Wildman–Crippen LogP) is 2.10. The lowest BCUT2D eigenvalue weighted by Crippen LogP contribution is -2.50. The molecule has 0 unspecified atom stereocenters. The third-order valence-electron chi connectivity index (χ3n) is 3.02. The average Bonchev–Trinajstić information content (AvgIpc) is 2.35. The highest BCUT2D eigenvalue weighted by Gasteiger charge is 2.27. The van der Waals surface area contributed by atoms with Crippen LogP contribution < -0.4 is 10.6 Å². The van der Waals surface area contributed by atoms with Crippen molar-refractivity contribution in [2.45, 2.75) is 58.6 Å². The van der Waals surface area contributed by atoms with Gasteiger partial charge >= 0.3 is 12.1 Å². The lowest BCUT2D eigenvalue weighted by molar-refractivity contribution is 0.0201. The van der Waals surface area contributed by atoms with E-state index in [1.54, 1.807) is 4.90 Å². The van der Waals surface area contributed by atoms with Crippen molar-refractivity contribution in [3.05, 3.63) is 0 Å². The van der Waals surface area contributed by atoms with Crippen molar-refractivity contribution in [1.82, 2.24) is 15.5 Å². The molecule has 0 aromatic carbocycles. The number of piperidine rings is 1. The van der Waals surface area contributed by atoms with Crippen LogP contribution in [0.25, 0.3) is 0 Å². The molecule has 1 aliphatic heterocycles. The zero-order valence-corrected chi connectivity index (χ0v) is 13.0. The second kappa shape index (κ2) is 7.36. The van der Waals surface area contributed by atoms with Crippen LogP contribution in [0.5, 0.6) is 0 Å². The number of urea groups is 1. The summed E-state index contributed by atoms with van der Waals surface area (Å²) in [5, 5.41) is 5.72. The molecule has 2 N–H and O–H groups in total. The first-order valence-electron chi connectivity index (χ1n) is 7.34. The molecule has 0 spiro atoms. The minimum atomic E-state index is -0.466. The third-order valence-corrected chi connectivity index (χ3v) is 3.02. The summed E-state index contributed by atoms with van der Waals surface area (Å²) in [5.74, 6) is 0. The number of nitrogens with one attached hydrogen (secondary N) is 2. The summed E-state index contributed by atoms with van der Waals surface area (Å²) < 4.78 is 5.33. The topological polar surface area (TPSA) is 70.7 Å². The first kappa shape index (κ1) is 16.6. The van der Waals surface area contributed by atoms with Gasteiger partial charge in [-0.3, -0.25) is 0 Å². The molecule has 1 heterocycles. The molecule has 6 heteroatoms. The largest absolute Gasteiger partial charge is 0.444 e. The Morgan fingerprint density at radius 2 is 1.85 bits per heavy atom. The van der Waals surface area contributed by atoms with Crippen LogP contribution in [-0.2, 0) is 4.74 Å². The number of carbonyl (C=O) groups excluding carboxylic acids is 2. The first-order chi connectivity index (χ1) is 9.31. The van der Waals surface area contributed by atoms with E-state index >= 15 is 0 Å². The van der Waals surface area contributed by atoms with Crippen LogP contribution in [0.2, 0.25) is 0 Å². The van der Waals surface area contributed by atoms with Crippen molar-refractivity contribution >= 4 is 12.1 Å². The van der Waals surface area contributed by atoms with Crippen LogP contribution in [-0.4, -0.2) is 48.3 Å². The second-order valence-electron chi connectivity index (χ2n) is 6.14. The number of hydrogen-bond acceptors (Lipinski definition) is 3. The highest BCUT2D eigenvalue weighted by atomic mass is 16.6. The minimum Gasteiger partial charge on any atom is -0.444 e. The van der Waals surface area contributed by atoms with Crippen LogP contribution in [0.4, 0.5) is 9.59 Å². The predicted molar refractivity (Wildman–Crippen MR) is 77.7 cm³/mol. The number of nitrogens with zero attached hydrogens (tertiary/aromatic N) is 1. The van der Waals surface area contributed by atoms with E-state index in [0.29, 0.717) is 19.6 Å². The van der Waals surface area contributed by atoms with E-state index in [0.717, 1.165) is 19.3 Å². The maximum absolute atomic E-state index is 11.9. The monoisotopic (exact) mass is 285 g/mol. The summed E-state index contributed by atoms with van der Waals surface area (Å²) in [6.45, 7) is 9.51. The standard InChI is InChI=1S/C14H27N3O3/c1-5-8-15-12(18)16-11-6-9-17(10-7-11)13(19)20-14(2,3)4/h11H,5-10H2,1-4H3,(H2,15,16,18). The number of ether oxygens (including phenoxy) is 1. The summed E-state index contributed by atoms with van der Waals surface area (Å²) in [5.41, 5.74) is -0.466. The molecule has 20 heavy (non-hydrogen) atoms. The highest BCUT2D eigenvalue weighted by Crippen LogP contribution is 2.15. The molecule has 1 saturated heterocycles. The van der Waals surface area contributed by atoms with Crippen molar-refractivity contribution < 1.29 is 14.3 Å². The van der Waals surface area contributed by atoms with Gasteiger partial charge in [-0.15, -0.1) is 0 Å². The number of hydrogen-bond donors (Lipinski definition) is 2. The van der Waals surface area contributed by atoms with E-state index < -0.39 is 5.60 Å².